The second-order valence-electron chi connectivity index (χ2n) is 11.8. The largest absolute Gasteiger partial charge is 0.593 e. The summed E-state index contributed by atoms with van der Waals surface area (Å²) in [6.07, 6.45) is 3.62. The van der Waals surface area contributed by atoms with Gasteiger partial charge in [0.1, 0.15) is 23.4 Å². The SMILES string of the molecule is CCOC(=O)c1ccc(COCCOCCN(c2cc3oc(-c4ccc(F)cc4)c(C(=O)NC)c3cc2C2CC2)[S+](C)[O-])c2ccccc12. The van der Waals surface area contributed by atoms with E-state index in [1.54, 1.807) is 42.7 Å². The van der Waals surface area contributed by atoms with E-state index in [-0.39, 0.29) is 23.6 Å². The molecular weight excluding hydrogens is 647 g/mol. The zero-order chi connectivity index (χ0) is 34.5. The summed E-state index contributed by atoms with van der Waals surface area (Å²) < 4.78 is 51.9. The Bertz CT molecular complexity index is 1960. The molecule has 5 aromatic rings. The first-order chi connectivity index (χ1) is 23.8. The highest BCUT2D eigenvalue weighted by Gasteiger charge is 2.33. The van der Waals surface area contributed by atoms with Crippen molar-refractivity contribution < 1.29 is 37.2 Å². The van der Waals surface area contributed by atoms with Crippen LogP contribution >= 0.6 is 0 Å². The van der Waals surface area contributed by atoms with Crippen LogP contribution in [0.1, 0.15) is 57.5 Å². The van der Waals surface area contributed by atoms with Crippen molar-refractivity contribution >= 4 is 50.7 Å². The molecular formula is C38H39FN2O7S. The Hall–Kier alpha value is -4.42. The van der Waals surface area contributed by atoms with Gasteiger partial charge in [0.05, 0.1) is 67.8 Å². The lowest BCUT2D eigenvalue weighted by molar-refractivity contribution is 0.0439. The number of nitrogens with zero attached hydrogens (tertiary/aromatic N) is 1. The van der Waals surface area contributed by atoms with Crippen LogP contribution < -0.4 is 9.62 Å². The molecule has 11 heteroatoms. The minimum absolute atomic E-state index is 0.281. The fourth-order valence-electron chi connectivity index (χ4n) is 6.05. The third kappa shape index (κ3) is 7.60. The number of benzene rings is 4. The molecule has 1 unspecified atom stereocenters. The number of esters is 1. The molecule has 49 heavy (non-hydrogen) atoms. The van der Waals surface area contributed by atoms with Gasteiger partial charge < -0.3 is 28.5 Å². The molecule has 1 fully saturated rings. The van der Waals surface area contributed by atoms with E-state index in [0.717, 1.165) is 40.4 Å². The number of amides is 1. The third-order valence-electron chi connectivity index (χ3n) is 8.57. The summed E-state index contributed by atoms with van der Waals surface area (Å²) in [5.74, 6) is -0.405. The minimum atomic E-state index is -1.37. The van der Waals surface area contributed by atoms with Gasteiger partial charge >= 0.3 is 5.97 Å². The molecule has 1 heterocycles. The molecule has 256 valence electrons. The summed E-state index contributed by atoms with van der Waals surface area (Å²) in [5.41, 5.74) is 4.70. The highest BCUT2D eigenvalue weighted by Crippen LogP contribution is 2.48. The zero-order valence-electron chi connectivity index (χ0n) is 27.8. The molecule has 9 nitrogen and oxygen atoms in total. The van der Waals surface area contributed by atoms with E-state index in [1.807, 2.05) is 42.5 Å². The van der Waals surface area contributed by atoms with Crippen molar-refractivity contribution in [3.05, 3.63) is 101 Å². The van der Waals surface area contributed by atoms with Gasteiger partial charge in [-0.1, -0.05) is 30.3 Å². The third-order valence-corrected chi connectivity index (χ3v) is 9.57. The number of fused-ring (bicyclic) bond motifs is 2. The van der Waals surface area contributed by atoms with Crippen molar-refractivity contribution in [2.24, 2.45) is 0 Å². The highest BCUT2D eigenvalue weighted by molar-refractivity contribution is 7.92. The molecule has 0 spiro atoms. The average molecular weight is 687 g/mol. The highest BCUT2D eigenvalue weighted by atomic mass is 32.2. The number of halogens is 1. The van der Waals surface area contributed by atoms with Crippen molar-refractivity contribution in [3.8, 4) is 11.3 Å². The Balaban J connectivity index is 1.13. The predicted molar refractivity (Wildman–Crippen MR) is 189 cm³/mol. The van der Waals surface area contributed by atoms with E-state index < -0.39 is 11.4 Å². The first-order valence-corrected chi connectivity index (χ1v) is 17.8. The van der Waals surface area contributed by atoms with Crippen LogP contribution in [0, 0.1) is 5.82 Å². The van der Waals surface area contributed by atoms with E-state index in [0.29, 0.717) is 73.0 Å². The lowest BCUT2D eigenvalue weighted by Gasteiger charge is -2.26. The molecule has 4 aromatic carbocycles. The van der Waals surface area contributed by atoms with Crippen LogP contribution in [-0.2, 0) is 32.2 Å². The molecule has 1 atom stereocenters. The van der Waals surface area contributed by atoms with Gasteiger partial charge in [0, 0.05) is 24.1 Å². The fourth-order valence-corrected chi connectivity index (χ4v) is 6.82. The quantitative estimate of drug-likeness (QED) is 0.0703. The summed E-state index contributed by atoms with van der Waals surface area (Å²) in [7, 11) is 1.56. The number of rotatable bonds is 15. The van der Waals surface area contributed by atoms with Gasteiger partial charge in [0.15, 0.2) is 0 Å². The van der Waals surface area contributed by atoms with Crippen LogP contribution in [0.2, 0.25) is 0 Å². The monoisotopic (exact) mass is 686 g/mol. The van der Waals surface area contributed by atoms with E-state index in [1.165, 1.54) is 12.1 Å². The lowest BCUT2D eigenvalue weighted by Crippen LogP contribution is -2.34. The summed E-state index contributed by atoms with van der Waals surface area (Å²) in [6, 6.07) is 21.0. The second kappa shape index (κ2) is 15.4. The van der Waals surface area contributed by atoms with Gasteiger partial charge in [-0.2, -0.15) is 4.31 Å². The standard InChI is InChI=1S/C38H39FN2O7S/c1-4-47-38(43)30-16-13-26(28-7-5-6-8-29(28)30)23-46-20-19-45-18-17-41(49(3)44)33-22-34-32(21-31(33)24-9-10-24)35(37(42)40-2)36(48-34)25-11-14-27(39)15-12-25/h5-8,11-16,21-22,24H,4,9-10,17-20,23H2,1-3H3,(H,40,42). The Morgan fingerprint density at radius 1 is 0.980 bits per heavy atom. The van der Waals surface area contributed by atoms with Crippen molar-refractivity contribution in [1.82, 2.24) is 5.32 Å². The minimum Gasteiger partial charge on any atom is -0.593 e. The van der Waals surface area contributed by atoms with Gasteiger partial charge in [-0.3, -0.25) is 4.79 Å². The Labute approximate surface area is 287 Å². The van der Waals surface area contributed by atoms with E-state index in [4.69, 9.17) is 18.6 Å². The Morgan fingerprint density at radius 2 is 1.71 bits per heavy atom. The predicted octanol–water partition coefficient (Wildman–Crippen LogP) is 7.14. The van der Waals surface area contributed by atoms with E-state index in [9.17, 15) is 18.5 Å². The van der Waals surface area contributed by atoms with Crippen molar-refractivity contribution in [2.75, 3.05) is 50.6 Å². The number of carbonyl (C=O) groups excluding carboxylic acids is 2. The number of hydrogen-bond acceptors (Lipinski definition) is 8. The molecule has 1 aliphatic carbocycles. The molecule has 0 saturated heterocycles. The number of ether oxygens (including phenoxy) is 3. The summed E-state index contributed by atoms with van der Waals surface area (Å²) >= 11 is -1.37. The molecule has 0 aliphatic heterocycles. The Morgan fingerprint density at radius 3 is 2.41 bits per heavy atom. The first-order valence-electron chi connectivity index (χ1n) is 16.3. The van der Waals surface area contributed by atoms with Gasteiger partial charge in [-0.05, 0) is 84.0 Å². The van der Waals surface area contributed by atoms with Crippen molar-refractivity contribution in [1.29, 1.82) is 0 Å². The fraction of sp³-hybridized carbons (Fsp3) is 0.316. The van der Waals surface area contributed by atoms with Gasteiger partial charge in [0.25, 0.3) is 5.91 Å². The molecule has 1 N–H and O–H groups in total. The van der Waals surface area contributed by atoms with Crippen LogP contribution in [0.15, 0.2) is 77.2 Å². The summed E-state index contributed by atoms with van der Waals surface area (Å²) in [4.78, 5) is 25.5. The zero-order valence-corrected chi connectivity index (χ0v) is 28.6. The maximum absolute atomic E-state index is 13.7. The molecule has 6 rings (SSSR count). The van der Waals surface area contributed by atoms with Crippen LogP contribution in [0.25, 0.3) is 33.1 Å². The van der Waals surface area contributed by atoms with Crippen LogP contribution in [0.4, 0.5) is 10.1 Å². The van der Waals surface area contributed by atoms with Gasteiger partial charge in [-0.25, -0.2) is 9.18 Å². The van der Waals surface area contributed by atoms with Crippen molar-refractivity contribution in [2.45, 2.75) is 32.3 Å². The summed E-state index contributed by atoms with van der Waals surface area (Å²) in [6.45, 7) is 3.81. The van der Waals surface area contributed by atoms with Gasteiger partial charge in [-0.15, -0.1) is 0 Å². The molecule has 0 bridgehead atoms. The Kier molecular flexibility index (Phi) is 10.8. The number of anilines is 1. The number of nitrogens with one attached hydrogen (secondary N) is 1. The number of furan rings is 1. The van der Waals surface area contributed by atoms with Crippen LogP contribution in [-0.4, -0.2) is 62.7 Å². The normalized spacial score (nSPS) is 13.5. The van der Waals surface area contributed by atoms with Crippen LogP contribution in [0.3, 0.4) is 0 Å². The average Bonchev–Trinajstić information content (AvgIpc) is 3.89. The maximum Gasteiger partial charge on any atom is 0.338 e. The summed E-state index contributed by atoms with van der Waals surface area (Å²) in [5, 5.41) is 5.11. The second-order valence-corrected chi connectivity index (χ2v) is 13.1. The van der Waals surface area contributed by atoms with Crippen molar-refractivity contribution in [3.63, 3.8) is 0 Å². The molecule has 1 saturated carbocycles. The first kappa shape index (κ1) is 34.4. The van der Waals surface area contributed by atoms with Crippen LogP contribution in [0.5, 0.6) is 0 Å². The topological polar surface area (TPSA) is 113 Å². The maximum atomic E-state index is 13.7. The lowest BCUT2D eigenvalue weighted by atomic mass is 10.00. The number of carbonyl (C=O) groups is 2. The molecule has 1 amide bonds. The molecule has 1 aliphatic rings. The van der Waals surface area contributed by atoms with E-state index >= 15 is 0 Å². The van der Waals surface area contributed by atoms with E-state index in [2.05, 4.69) is 5.32 Å². The smallest absolute Gasteiger partial charge is 0.338 e. The number of hydrogen-bond donors (Lipinski definition) is 1. The van der Waals surface area contributed by atoms with Gasteiger partial charge in [0.2, 0.25) is 0 Å². The molecule has 1 aromatic heterocycles. The molecule has 0 radical (unpaired) electrons.